The minimum atomic E-state index is -5.63. The molecule has 3 unspecified atom stereocenters. The summed E-state index contributed by atoms with van der Waals surface area (Å²) in [7, 11) is -11.2. The molecule has 19 nitrogen and oxygen atoms in total. The minimum absolute atomic E-state index is 0.0200. The van der Waals surface area contributed by atoms with Crippen LogP contribution in [0.2, 0.25) is 0 Å². The third-order valence-corrected chi connectivity index (χ3v) is 8.96. The Morgan fingerprint density at radius 1 is 0.857 bits per heavy atom. The van der Waals surface area contributed by atoms with Gasteiger partial charge in [-0.05, 0) is 5.56 Å². The van der Waals surface area contributed by atoms with E-state index in [4.69, 9.17) is 9.47 Å². The van der Waals surface area contributed by atoms with Crippen LogP contribution in [0.1, 0.15) is 6.23 Å². The predicted octanol–water partition coefficient (Wildman–Crippen LogP) is -3.13. The number of phosphoric ester groups is 2. The summed E-state index contributed by atoms with van der Waals surface area (Å²) in [6, 6.07) is 8.13. The summed E-state index contributed by atoms with van der Waals surface area (Å²) in [5.41, 5.74) is -1.32. The molecule has 234 valence electrons. The normalized spacial score (nSPS) is 34.5. The molecule has 0 saturated carbocycles. The Hall–Kier alpha value is -2.16. The molecule has 0 bridgehead atoms. The van der Waals surface area contributed by atoms with Crippen molar-refractivity contribution in [3.8, 4) is 11.1 Å². The Kier molecular flexibility index (Phi) is 10.0. The molecule has 0 amide bonds. The highest BCUT2D eigenvalue weighted by Crippen LogP contribution is 2.61. The number of hydrogen-bond donors (Lipinski definition) is 9. The van der Waals surface area contributed by atoms with Crippen LogP contribution in [0.25, 0.3) is 11.1 Å². The van der Waals surface area contributed by atoms with Gasteiger partial charge in [0, 0.05) is 6.20 Å². The van der Waals surface area contributed by atoms with Gasteiger partial charge in [0.25, 0.3) is 5.56 Å². The van der Waals surface area contributed by atoms with Gasteiger partial charge < -0.3 is 49.9 Å². The average molecular weight is 642 g/mol. The molecule has 2 saturated heterocycles. The van der Waals surface area contributed by atoms with Crippen LogP contribution in [0.3, 0.4) is 0 Å². The molecule has 1 aromatic heterocycles. The standard InChI is InChI=1S/C21H28N2O17P2/c24-7-11-13(25)15(27)17(29)20(38-11)39-42(34,35)40-41(32,33)36-8-12-14(26)16(28)19(37-12)23-6-10(18(30)22-21(23)31)9-4-2-1-3-5-9/h1-6,11-17,19-20,24-29H,7-8H2,(H,32,33)(H,34,35)(H,22,30,31)/t11-,12-,13+,14+,15+,16?,17-,19-,20-/m1/s1. The molecule has 1 aromatic carbocycles. The fraction of sp³-hybridized carbons (Fsp3) is 0.524. The molecule has 2 aliphatic heterocycles. The van der Waals surface area contributed by atoms with E-state index in [0.29, 0.717) is 5.56 Å². The van der Waals surface area contributed by atoms with Gasteiger partial charge in [-0.3, -0.25) is 23.4 Å². The second-order valence-corrected chi connectivity index (χ2v) is 12.2. The van der Waals surface area contributed by atoms with Crippen molar-refractivity contribution in [3.05, 3.63) is 57.4 Å². The van der Waals surface area contributed by atoms with Crippen molar-refractivity contribution >= 4 is 15.6 Å². The molecular weight excluding hydrogens is 614 g/mol. The Bertz CT molecular complexity index is 1450. The first-order chi connectivity index (χ1) is 19.6. The van der Waals surface area contributed by atoms with Gasteiger partial charge in [-0.2, -0.15) is 4.31 Å². The number of nitrogens with one attached hydrogen (secondary N) is 1. The molecule has 9 N–H and O–H groups in total. The lowest BCUT2D eigenvalue weighted by Crippen LogP contribution is -2.58. The second kappa shape index (κ2) is 12.8. The fourth-order valence-electron chi connectivity index (χ4n) is 4.22. The van der Waals surface area contributed by atoms with Gasteiger partial charge in [0.2, 0.25) is 0 Å². The fourth-order valence-corrected chi connectivity index (χ4v) is 6.38. The summed E-state index contributed by atoms with van der Waals surface area (Å²) in [5.74, 6) is 0. The van der Waals surface area contributed by atoms with E-state index >= 15 is 0 Å². The number of H-pyrrole nitrogens is 1. The third kappa shape index (κ3) is 7.13. The van der Waals surface area contributed by atoms with E-state index < -0.39 is 95.4 Å². The van der Waals surface area contributed by atoms with Crippen molar-refractivity contribution in [1.82, 2.24) is 9.55 Å². The van der Waals surface area contributed by atoms with Gasteiger partial charge in [0.05, 0.1) is 18.8 Å². The first kappa shape index (κ1) is 32.7. The lowest BCUT2D eigenvalue weighted by Gasteiger charge is -2.39. The number of aliphatic hydroxyl groups excluding tert-OH is 6. The molecule has 0 aliphatic carbocycles. The molecule has 21 heteroatoms. The third-order valence-electron chi connectivity index (χ3n) is 6.36. The summed E-state index contributed by atoms with van der Waals surface area (Å²) < 4.78 is 48.9. The molecule has 0 spiro atoms. The number of benzene rings is 1. The number of rotatable bonds is 10. The molecular formula is C21H28N2O17P2. The number of phosphoric acid groups is 2. The maximum atomic E-state index is 12.5. The Morgan fingerprint density at radius 3 is 2.14 bits per heavy atom. The highest BCUT2D eigenvalue weighted by atomic mass is 31.3. The van der Waals surface area contributed by atoms with Crippen molar-refractivity contribution in [2.24, 2.45) is 0 Å². The maximum absolute atomic E-state index is 12.5. The Morgan fingerprint density at radius 2 is 1.50 bits per heavy atom. The van der Waals surface area contributed by atoms with Crippen LogP contribution in [0.5, 0.6) is 0 Å². The summed E-state index contributed by atoms with van der Waals surface area (Å²) >= 11 is 0. The monoisotopic (exact) mass is 642 g/mol. The van der Waals surface area contributed by atoms with Gasteiger partial charge in [0.15, 0.2) is 12.5 Å². The van der Waals surface area contributed by atoms with Crippen molar-refractivity contribution in [1.29, 1.82) is 0 Å². The van der Waals surface area contributed by atoms with Crippen LogP contribution < -0.4 is 11.2 Å². The van der Waals surface area contributed by atoms with Gasteiger partial charge in [-0.25, -0.2) is 13.9 Å². The molecule has 0 radical (unpaired) electrons. The smallest absolute Gasteiger partial charge is 0.394 e. The molecule has 2 aromatic rings. The predicted molar refractivity (Wildman–Crippen MR) is 134 cm³/mol. The van der Waals surface area contributed by atoms with Crippen LogP contribution in [0.15, 0.2) is 46.1 Å². The van der Waals surface area contributed by atoms with E-state index in [1.807, 2.05) is 0 Å². The number of nitrogens with zero attached hydrogens (tertiary/aromatic N) is 1. The second-order valence-electron chi connectivity index (χ2n) is 9.24. The van der Waals surface area contributed by atoms with Crippen LogP contribution in [0.4, 0.5) is 0 Å². The Labute approximate surface area is 234 Å². The minimum Gasteiger partial charge on any atom is -0.394 e. The zero-order valence-corrected chi connectivity index (χ0v) is 23.0. The zero-order valence-electron chi connectivity index (χ0n) is 21.2. The van der Waals surface area contributed by atoms with Gasteiger partial charge in [-0.1, -0.05) is 30.3 Å². The highest BCUT2D eigenvalue weighted by molar-refractivity contribution is 7.61. The Balaban J connectivity index is 1.42. The largest absolute Gasteiger partial charge is 0.483 e. The summed E-state index contributed by atoms with van der Waals surface area (Å²) in [5, 5.41) is 59.5. The van der Waals surface area contributed by atoms with Crippen molar-refractivity contribution in [2.75, 3.05) is 13.2 Å². The van der Waals surface area contributed by atoms with Crippen LogP contribution in [-0.2, 0) is 32.0 Å². The van der Waals surface area contributed by atoms with E-state index in [1.165, 1.54) is 0 Å². The number of hydrogen-bond acceptors (Lipinski definition) is 15. The van der Waals surface area contributed by atoms with Gasteiger partial charge in [-0.15, -0.1) is 0 Å². The maximum Gasteiger partial charge on any atom is 0.483 e. The number of aromatic amines is 1. The van der Waals surface area contributed by atoms with Crippen LogP contribution >= 0.6 is 15.6 Å². The van der Waals surface area contributed by atoms with E-state index in [2.05, 4.69) is 18.3 Å². The summed E-state index contributed by atoms with van der Waals surface area (Å²) in [6.07, 6.45) is -15.5. The summed E-state index contributed by atoms with van der Waals surface area (Å²) in [4.78, 5) is 46.7. The molecule has 4 rings (SSSR count). The number of aliphatic hydroxyl groups is 6. The molecule has 42 heavy (non-hydrogen) atoms. The topological polar surface area (TPSA) is 297 Å². The SMILES string of the molecule is O=c1[nH]c(=O)n([C@@H]2O[C@H](COP(=O)(O)OP(=O)(O)O[C@H]3O[C@H](CO)[C@H](O)[C@H](O)[C@H]3O)[C@H](O)C2O)cc1-c1ccccc1. The molecule has 11 atom stereocenters. The summed E-state index contributed by atoms with van der Waals surface area (Å²) in [6.45, 7) is -1.95. The lowest BCUT2D eigenvalue weighted by molar-refractivity contribution is -0.280. The van der Waals surface area contributed by atoms with E-state index in [0.717, 1.165) is 10.8 Å². The van der Waals surface area contributed by atoms with Crippen LogP contribution in [-0.4, -0.2) is 112 Å². The first-order valence-corrected chi connectivity index (χ1v) is 15.1. The number of ether oxygens (including phenoxy) is 2. The quantitative estimate of drug-likeness (QED) is 0.116. The first-order valence-electron chi connectivity index (χ1n) is 12.1. The molecule has 2 aliphatic rings. The molecule has 3 heterocycles. The van der Waals surface area contributed by atoms with Crippen molar-refractivity contribution < 1.29 is 72.4 Å². The van der Waals surface area contributed by atoms with Gasteiger partial charge >= 0.3 is 21.3 Å². The lowest BCUT2D eigenvalue weighted by atomic mass is 10.00. The van der Waals surface area contributed by atoms with E-state index in [1.54, 1.807) is 30.3 Å². The van der Waals surface area contributed by atoms with E-state index in [9.17, 15) is 59.1 Å². The highest BCUT2D eigenvalue weighted by Gasteiger charge is 2.49. The average Bonchev–Trinajstić information content (AvgIpc) is 3.20. The zero-order chi connectivity index (χ0) is 31.0. The van der Waals surface area contributed by atoms with Crippen molar-refractivity contribution in [2.45, 2.75) is 55.2 Å². The number of aromatic nitrogens is 2. The van der Waals surface area contributed by atoms with E-state index in [-0.39, 0.29) is 5.56 Å². The van der Waals surface area contributed by atoms with Gasteiger partial charge in [0.1, 0.15) is 42.7 Å². The van der Waals surface area contributed by atoms with Crippen LogP contribution in [0, 0.1) is 0 Å². The van der Waals surface area contributed by atoms with Crippen molar-refractivity contribution in [3.63, 3.8) is 0 Å². The molecule has 2 fully saturated rings.